The van der Waals surface area contributed by atoms with E-state index in [4.69, 9.17) is 28.7 Å². The van der Waals surface area contributed by atoms with Crippen LogP contribution in [-0.2, 0) is 89.6 Å². The summed E-state index contributed by atoms with van der Waals surface area (Å²) in [4.78, 5) is 221. The van der Waals surface area contributed by atoms with E-state index in [0.29, 0.717) is 41.9 Å². The van der Waals surface area contributed by atoms with Crippen molar-refractivity contribution in [3.63, 3.8) is 0 Å². The van der Waals surface area contributed by atoms with Crippen molar-refractivity contribution in [1.29, 1.82) is 0 Å². The number of rotatable bonds is 47. The number of nitrogens with zero attached hydrogens (tertiary/aromatic N) is 2. The lowest BCUT2D eigenvalue weighted by Crippen LogP contribution is -2.61. The molecule has 2 heterocycles. The van der Waals surface area contributed by atoms with E-state index in [0.717, 1.165) is 11.8 Å². The standard InChI is InChI=1S/C69H104N16O18S3/c1-38(2)33-52(68(101)85-30-12-17-54(85)66(99)76-45(22-24-55(72)88)60(93)79-48(69(102)103)27-32-105-5)83-59(92)44(15-9-10-28-70)75-62(95)50(35-41-18-20-42(87)21-19-41)80-63(96)49(34-40-13-7-6-8-14-40)81-64(97)51(36-57(74)90)82-61(94)46(23-25-56(73)89)77-65(98)53-16-11-29-84(53)67(100)47(26-31-104-4)78-58(91)43(71)37-106-39(3)86/h6-8,13-14,18-21,38,43-54,87H,9-12,15-17,22-37,70-71H2,1-5H3,(H2,72,88)(H2,73,89)(H2,74,90)(H,75,95)(H,76,99)(H,77,98)(H,78,91)(H,79,93)(H,80,96)(H,81,97)(H,82,94)(H,83,92)(H,102,103)/t43-,44-,45-,46-,47-,48-,49-,50-,51-,52-,53-,54-/m0/s1. The van der Waals surface area contributed by atoms with Gasteiger partial charge in [0.25, 0.3) is 0 Å². The Hall–Kier alpha value is -9.07. The van der Waals surface area contributed by atoms with E-state index in [9.17, 15) is 82.1 Å². The van der Waals surface area contributed by atoms with E-state index in [1.165, 1.54) is 64.5 Å². The second-order valence-electron chi connectivity index (χ2n) is 26.4. The number of nitrogens with two attached hydrogens (primary N) is 5. The van der Waals surface area contributed by atoms with Crippen LogP contribution in [0.5, 0.6) is 5.75 Å². The number of carbonyl (C=O) groups excluding carboxylic acids is 15. The Morgan fingerprint density at radius 2 is 0.915 bits per heavy atom. The predicted molar refractivity (Wildman–Crippen MR) is 397 cm³/mol. The molecule has 2 saturated heterocycles. The molecule has 34 nitrogen and oxygen atoms in total. The highest BCUT2D eigenvalue weighted by Crippen LogP contribution is 2.24. The number of aliphatic carboxylic acids is 1. The molecule has 14 amide bonds. The molecule has 2 fully saturated rings. The Bertz CT molecular complexity index is 3380. The molecule has 0 aromatic heterocycles. The number of carboxylic acid groups (broad SMARTS) is 1. The van der Waals surface area contributed by atoms with Gasteiger partial charge >= 0.3 is 5.97 Å². The third-order valence-electron chi connectivity index (χ3n) is 17.4. The average Bonchev–Trinajstić information content (AvgIpc) is 1.61. The van der Waals surface area contributed by atoms with Crippen molar-refractivity contribution in [2.75, 3.05) is 49.4 Å². The summed E-state index contributed by atoms with van der Waals surface area (Å²) in [5.41, 5.74) is 29.3. The molecule has 37 heteroatoms. The summed E-state index contributed by atoms with van der Waals surface area (Å²) in [6.07, 6.45) is 2.05. The molecule has 586 valence electrons. The maximum absolute atomic E-state index is 15.0. The van der Waals surface area contributed by atoms with Gasteiger partial charge in [-0.3, -0.25) is 71.9 Å². The number of carboxylic acids is 1. The van der Waals surface area contributed by atoms with Crippen LogP contribution < -0.4 is 76.5 Å². The molecule has 0 saturated carbocycles. The van der Waals surface area contributed by atoms with E-state index >= 15 is 4.79 Å². The van der Waals surface area contributed by atoms with Gasteiger partial charge in [0, 0.05) is 51.4 Å². The molecule has 2 aromatic rings. The van der Waals surface area contributed by atoms with Crippen molar-refractivity contribution >= 4 is 129 Å². The Morgan fingerprint density at radius 3 is 1.37 bits per heavy atom. The Kier molecular flexibility index (Phi) is 38.9. The minimum Gasteiger partial charge on any atom is -0.508 e. The number of aromatic hydroxyl groups is 1. The fourth-order valence-electron chi connectivity index (χ4n) is 11.8. The largest absolute Gasteiger partial charge is 0.508 e. The number of hydrogen-bond acceptors (Lipinski definition) is 22. The number of phenolic OH excluding ortho intramolecular Hbond substituents is 1. The summed E-state index contributed by atoms with van der Waals surface area (Å²) in [5, 5.41) is 43.1. The van der Waals surface area contributed by atoms with Gasteiger partial charge in [0.05, 0.1) is 12.5 Å². The normalized spacial score (nSPS) is 16.9. The van der Waals surface area contributed by atoms with Gasteiger partial charge in [0.15, 0.2) is 5.12 Å². The number of carbonyl (C=O) groups is 16. The third kappa shape index (κ3) is 30.8. The highest BCUT2D eigenvalue weighted by atomic mass is 32.2. The van der Waals surface area contributed by atoms with Gasteiger partial charge in [-0.1, -0.05) is 68.1 Å². The predicted octanol–water partition coefficient (Wildman–Crippen LogP) is -2.70. The Balaban J connectivity index is 1.65. The summed E-state index contributed by atoms with van der Waals surface area (Å²) >= 11 is 3.57. The van der Waals surface area contributed by atoms with Crippen LogP contribution in [0, 0.1) is 5.92 Å². The molecule has 21 N–H and O–H groups in total. The van der Waals surface area contributed by atoms with E-state index in [-0.39, 0.29) is 113 Å². The second kappa shape index (κ2) is 46.1. The van der Waals surface area contributed by atoms with Gasteiger partial charge in [-0.25, -0.2) is 4.79 Å². The lowest BCUT2D eigenvalue weighted by Gasteiger charge is -2.31. The zero-order chi connectivity index (χ0) is 78.7. The maximum Gasteiger partial charge on any atom is 0.326 e. The van der Waals surface area contributed by atoms with Crippen molar-refractivity contribution in [3.8, 4) is 5.75 Å². The molecule has 12 atom stereocenters. The van der Waals surface area contributed by atoms with Gasteiger partial charge in [-0.2, -0.15) is 23.5 Å². The molecule has 4 rings (SSSR count). The average molecular weight is 1540 g/mol. The summed E-state index contributed by atoms with van der Waals surface area (Å²) in [5.74, 6) is -13.5. The number of nitrogens with one attached hydrogen (secondary N) is 9. The zero-order valence-corrected chi connectivity index (χ0v) is 62.8. The molecule has 0 bridgehead atoms. The van der Waals surface area contributed by atoms with Crippen molar-refractivity contribution < 1.29 is 86.9 Å². The first-order chi connectivity index (χ1) is 50.3. The minimum absolute atomic E-state index is 0.0222. The fourth-order valence-corrected chi connectivity index (χ4v) is 13.3. The van der Waals surface area contributed by atoms with Crippen molar-refractivity contribution in [1.82, 2.24) is 57.7 Å². The molecule has 106 heavy (non-hydrogen) atoms. The quantitative estimate of drug-likeness (QED) is 0.0300. The molecule has 0 unspecified atom stereocenters. The third-order valence-corrected chi connectivity index (χ3v) is 19.6. The van der Waals surface area contributed by atoms with E-state index < -0.39 is 180 Å². The summed E-state index contributed by atoms with van der Waals surface area (Å²) in [7, 11) is 0. The van der Waals surface area contributed by atoms with Crippen molar-refractivity contribution in [2.24, 2.45) is 34.6 Å². The number of unbranched alkanes of at least 4 members (excludes halogenated alkanes) is 1. The molecule has 0 aliphatic carbocycles. The van der Waals surface area contributed by atoms with Crippen molar-refractivity contribution in [3.05, 3.63) is 65.7 Å². The summed E-state index contributed by atoms with van der Waals surface area (Å²) in [6.45, 7) is 5.15. The van der Waals surface area contributed by atoms with E-state index in [1.807, 2.05) is 0 Å². The number of primary amides is 3. The van der Waals surface area contributed by atoms with Crippen LogP contribution in [0.4, 0.5) is 0 Å². The molecular weight excluding hydrogens is 1440 g/mol. The number of phenols is 1. The topological polar surface area (TPSA) is 558 Å². The lowest BCUT2D eigenvalue weighted by molar-refractivity contribution is -0.144. The Labute approximate surface area is 628 Å². The first-order valence-electron chi connectivity index (χ1n) is 35.1. The number of amides is 14. The fraction of sp³-hybridized carbons (Fsp3) is 0.594. The van der Waals surface area contributed by atoms with E-state index in [1.54, 1.807) is 56.7 Å². The molecule has 2 aliphatic rings. The zero-order valence-electron chi connectivity index (χ0n) is 60.4. The smallest absolute Gasteiger partial charge is 0.326 e. The lowest BCUT2D eigenvalue weighted by atomic mass is 9.99. The van der Waals surface area contributed by atoms with Gasteiger partial charge in [-0.15, -0.1) is 0 Å². The summed E-state index contributed by atoms with van der Waals surface area (Å²) < 4.78 is 0. The molecular formula is C69H104N16O18S3. The number of benzene rings is 2. The van der Waals surface area contributed by atoms with Crippen LogP contribution >= 0.6 is 35.3 Å². The second-order valence-corrected chi connectivity index (χ2v) is 29.6. The van der Waals surface area contributed by atoms with Crippen LogP contribution in [0.25, 0.3) is 0 Å². The molecule has 2 aromatic carbocycles. The number of likely N-dealkylation sites (tertiary alicyclic amines) is 2. The van der Waals surface area contributed by atoms with Crippen molar-refractivity contribution in [2.45, 2.75) is 202 Å². The minimum atomic E-state index is -1.89. The van der Waals surface area contributed by atoms with Gasteiger partial charge in [-0.05, 0) is 137 Å². The number of hydrogen-bond donors (Lipinski definition) is 16. The van der Waals surface area contributed by atoms with E-state index in [2.05, 4.69) is 47.9 Å². The van der Waals surface area contributed by atoms with Crippen LogP contribution in [0.3, 0.4) is 0 Å². The Morgan fingerprint density at radius 1 is 0.500 bits per heavy atom. The van der Waals surface area contributed by atoms with Crippen LogP contribution in [0.2, 0.25) is 0 Å². The molecule has 0 radical (unpaired) electrons. The maximum atomic E-state index is 15.0. The number of thioether (sulfide) groups is 3. The van der Waals surface area contributed by atoms with Gasteiger partial charge < -0.3 is 96.5 Å². The van der Waals surface area contributed by atoms with Crippen LogP contribution in [0.1, 0.15) is 128 Å². The first-order valence-corrected chi connectivity index (χ1v) is 38.9. The molecule has 0 spiro atoms. The van der Waals surface area contributed by atoms with Gasteiger partial charge in [0.2, 0.25) is 82.7 Å². The monoisotopic (exact) mass is 1540 g/mol. The highest BCUT2D eigenvalue weighted by Gasteiger charge is 2.43. The van der Waals surface area contributed by atoms with Crippen LogP contribution in [-0.4, -0.2) is 236 Å². The SMILES string of the molecule is CSCC[C@H](NC(=O)[C@H](CCC(N)=O)NC(=O)[C@@H]1CCCN1C(=O)[C@H](CC(C)C)NC(=O)[C@H](CCCCN)NC(=O)[C@H](Cc1ccc(O)cc1)NC(=O)[C@H](Cc1ccccc1)NC(=O)[C@H](CC(N)=O)NC(=O)[C@H](CCC(N)=O)NC(=O)[C@@H]1CCCN1C(=O)[C@H](CCSC)NC(=O)[C@@H](N)CSC(C)=O)C(=O)O. The highest BCUT2D eigenvalue weighted by molar-refractivity contribution is 8.13. The summed E-state index contributed by atoms with van der Waals surface area (Å²) in [6, 6.07) is -3.23. The first kappa shape index (κ1) is 89.3. The van der Waals surface area contributed by atoms with Crippen LogP contribution in [0.15, 0.2) is 54.6 Å². The molecule has 2 aliphatic heterocycles. The van der Waals surface area contributed by atoms with Gasteiger partial charge in [0.1, 0.15) is 72.2 Å².